The third-order valence-corrected chi connectivity index (χ3v) is 3.11. The lowest BCUT2D eigenvalue weighted by atomic mass is 10.0. The standard InChI is InChI=1S/C12H6N2O2S/c13-7-11-10(5-6-17-11)8-1-3-9(4-2-8)12(15)14-16/h1-6H. The molecule has 1 aromatic carbocycles. The highest BCUT2D eigenvalue weighted by Crippen LogP contribution is 2.27. The maximum atomic E-state index is 11.0. The molecule has 0 bridgehead atoms. The first-order valence-corrected chi connectivity index (χ1v) is 5.60. The zero-order valence-corrected chi connectivity index (χ0v) is 9.40. The van der Waals surface area contributed by atoms with Gasteiger partial charge in [0.15, 0.2) is 0 Å². The quantitative estimate of drug-likeness (QED) is 0.759. The van der Waals surface area contributed by atoms with E-state index in [2.05, 4.69) is 11.2 Å². The van der Waals surface area contributed by atoms with Crippen molar-refractivity contribution in [3.8, 4) is 17.2 Å². The van der Waals surface area contributed by atoms with Crippen molar-refractivity contribution in [1.29, 1.82) is 5.26 Å². The first kappa shape index (κ1) is 11.2. The molecule has 0 spiro atoms. The average molecular weight is 242 g/mol. The molecule has 2 aromatic rings. The zero-order valence-electron chi connectivity index (χ0n) is 8.58. The van der Waals surface area contributed by atoms with Gasteiger partial charge in [-0.05, 0) is 29.1 Å². The second kappa shape index (κ2) is 4.68. The Hall–Kier alpha value is -2.32. The van der Waals surface area contributed by atoms with Crippen LogP contribution in [0.2, 0.25) is 0 Å². The van der Waals surface area contributed by atoms with Crippen LogP contribution in [0.25, 0.3) is 11.1 Å². The van der Waals surface area contributed by atoms with Gasteiger partial charge in [-0.15, -0.1) is 16.2 Å². The number of hydrogen-bond acceptors (Lipinski definition) is 4. The van der Waals surface area contributed by atoms with Gasteiger partial charge in [0.1, 0.15) is 10.9 Å². The maximum Gasteiger partial charge on any atom is 0.316 e. The third kappa shape index (κ3) is 2.12. The number of nitroso groups, excluding NO2 is 1. The van der Waals surface area contributed by atoms with Crippen molar-refractivity contribution in [3.63, 3.8) is 0 Å². The Kier molecular flexibility index (Phi) is 3.08. The minimum Gasteiger partial charge on any atom is -0.263 e. The molecule has 0 aliphatic rings. The molecule has 0 fully saturated rings. The predicted octanol–water partition coefficient (Wildman–Crippen LogP) is 3.19. The van der Waals surface area contributed by atoms with Gasteiger partial charge < -0.3 is 0 Å². The van der Waals surface area contributed by atoms with Crippen LogP contribution in [0.15, 0.2) is 40.9 Å². The number of rotatable bonds is 2. The Labute approximate surface area is 101 Å². The van der Waals surface area contributed by atoms with Crippen LogP contribution in [0.4, 0.5) is 0 Å². The first-order chi connectivity index (χ1) is 8.26. The van der Waals surface area contributed by atoms with Crippen molar-refractivity contribution in [2.75, 3.05) is 0 Å². The number of amides is 1. The van der Waals surface area contributed by atoms with Gasteiger partial charge in [0, 0.05) is 16.3 Å². The van der Waals surface area contributed by atoms with Crippen LogP contribution in [0.5, 0.6) is 0 Å². The van der Waals surface area contributed by atoms with E-state index in [1.165, 1.54) is 23.5 Å². The molecule has 0 N–H and O–H groups in total. The van der Waals surface area contributed by atoms with E-state index in [4.69, 9.17) is 5.26 Å². The summed E-state index contributed by atoms with van der Waals surface area (Å²) in [6, 6.07) is 10.4. The van der Waals surface area contributed by atoms with Gasteiger partial charge in [0.2, 0.25) is 0 Å². The third-order valence-electron chi connectivity index (χ3n) is 2.29. The monoisotopic (exact) mass is 242 g/mol. The van der Waals surface area contributed by atoms with Crippen molar-refractivity contribution in [1.82, 2.24) is 0 Å². The average Bonchev–Trinajstić information content (AvgIpc) is 2.86. The van der Waals surface area contributed by atoms with Crippen molar-refractivity contribution in [2.45, 2.75) is 0 Å². The fraction of sp³-hybridized carbons (Fsp3) is 0. The number of nitrogens with zero attached hydrogens (tertiary/aromatic N) is 2. The lowest BCUT2D eigenvalue weighted by Gasteiger charge is -1.99. The summed E-state index contributed by atoms with van der Waals surface area (Å²) in [5.41, 5.74) is 1.92. The molecule has 2 rings (SSSR count). The number of nitriles is 1. The molecule has 0 atom stereocenters. The molecule has 0 aliphatic carbocycles. The summed E-state index contributed by atoms with van der Waals surface area (Å²) in [6.45, 7) is 0. The molecule has 0 saturated carbocycles. The molecule has 1 amide bonds. The van der Waals surface area contributed by atoms with Crippen LogP contribution in [-0.2, 0) is 0 Å². The van der Waals surface area contributed by atoms with E-state index in [0.717, 1.165) is 11.1 Å². The van der Waals surface area contributed by atoms with E-state index in [-0.39, 0.29) is 5.56 Å². The number of hydrogen-bond donors (Lipinski definition) is 0. The summed E-state index contributed by atoms with van der Waals surface area (Å²) in [5.74, 6) is -0.789. The van der Waals surface area contributed by atoms with Crippen LogP contribution in [0, 0.1) is 16.2 Å². The fourth-order valence-corrected chi connectivity index (χ4v) is 2.17. The SMILES string of the molecule is N#Cc1sccc1-c1ccc(C(=O)N=O)cc1. The highest BCUT2D eigenvalue weighted by Gasteiger charge is 2.08. The summed E-state index contributed by atoms with van der Waals surface area (Å²) in [5, 5.41) is 13.1. The molecule has 0 unspecified atom stereocenters. The van der Waals surface area contributed by atoms with Crippen molar-refractivity contribution in [3.05, 3.63) is 51.1 Å². The Balaban J connectivity index is 2.40. The van der Waals surface area contributed by atoms with Gasteiger partial charge in [-0.25, -0.2) is 0 Å². The maximum absolute atomic E-state index is 11.0. The van der Waals surface area contributed by atoms with Crippen molar-refractivity contribution >= 4 is 17.2 Å². The number of carbonyl (C=O) groups excluding carboxylic acids is 1. The first-order valence-electron chi connectivity index (χ1n) is 4.72. The van der Waals surface area contributed by atoms with E-state index in [9.17, 15) is 9.70 Å². The van der Waals surface area contributed by atoms with E-state index < -0.39 is 5.91 Å². The Bertz CT molecular complexity index is 608. The number of carbonyl (C=O) groups is 1. The summed E-state index contributed by atoms with van der Waals surface area (Å²) in [7, 11) is 0. The van der Waals surface area contributed by atoms with E-state index in [1.807, 2.05) is 11.4 Å². The molecular weight excluding hydrogens is 236 g/mol. The topological polar surface area (TPSA) is 70.3 Å². The largest absolute Gasteiger partial charge is 0.316 e. The highest BCUT2D eigenvalue weighted by atomic mass is 32.1. The van der Waals surface area contributed by atoms with Gasteiger partial charge in [0.05, 0.1) is 0 Å². The van der Waals surface area contributed by atoms with Crippen molar-refractivity contribution in [2.24, 2.45) is 5.18 Å². The Morgan fingerprint density at radius 1 is 1.24 bits per heavy atom. The normalized spacial score (nSPS) is 9.59. The van der Waals surface area contributed by atoms with Gasteiger partial charge in [-0.3, -0.25) is 4.79 Å². The lowest BCUT2D eigenvalue weighted by molar-refractivity contribution is 0.100. The molecular formula is C12H6N2O2S. The molecule has 82 valence electrons. The van der Waals surface area contributed by atoms with Crippen LogP contribution in [0.3, 0.4) is 0 Å². The van der Waals surface area contributed by atoms with Crippen LogP contribution in [0.1, 0.15) is 15.2 Å². The predicted molar refractivity (Wildman–Crippen MR) is 64.6 cm³/mol. The van der Waals surface area contributed by atoms with Crippen LogP contribution in [-0.4, -0.2) is 5.91 Å². The second-order valence-electron chi connectivity index (χ2n) is 3.25. The smallest absolute Gasteiger partial charge is 0.263 e. The molecule has 0 aliphatic heterocycles. The number of thiophene rings is 1. The molecule has 4 nitrogen and oxygen atoms in total. The minimum atomic E-state index is -0.789. The summed E-state index contributed by atoms with van der Waals surface area (Å²) < 4.78 is 0. The molecule has 0 radical (unpaired) electrons. The second-order valence-corrected chi connectivity index (χ2v) is 4.17. The highest BCUT2D eigenvalue weighted by molar-refractivity contribution is 7.11. The fourth-order valence-electron chi connectivity index (χ4n) is 1.47. The molecule has 1 aromatic heterocycles. The summed E-state index contributed by atoms with van der Waals surface area (Å²) in [6.07, 6.45) is 0. The minimum absolute atomic E-state index is 0.248. The molecule has 0 saturated heterocycles. The molecule has 5 heteroatoms. The van der Waals surface area contributed by atoms with E-state index in [1.54, 1.807) is 12.1 Å². The van der Waals surface area contributed by atoms with Gasteiger partial charge in [-0.1, -0.05) is 12.1 Å². The Morgan fingerprint density at radius 3 is 2.53 bits per heavy atom. The van der Waals surface area contributed by atoms with Crippen molar-refractivity contribution < 1.29 is 4.79 Å². The summed E-state index contributed by atoms with van der Waals surface area (Å²) in [4.78, 5) is 21.7. The van der Waals surface area contributed by atoms with E-state index in [0.29, 0.717) is 4.88 Å². The van der Waals surface area contributed by atoms with Gasteiger partial charge >= 0.3 is 5.91 Å². The van der Waals surface area contributed by atoms with Gasteiger partial charge in [0.25, 0.3) is 0 Å². The van der Waals surface area contributed by atoms with Gasteiger partial charge in [-0.2, -0.15) is 5.26 Å². The number of benzene rings is 1. The van der Waals surface area contributed by atoms with Crippen LogP contribution < -0.4 is 0 Å². The molecule has 1 heterocycles. The zero-order chi connectivity index (χ0) is 12.3. The van der Waals surface area contributed by atoms with Crippen LogP contribution >= 0.6 is 11.3 Å². The summed E-state index contributed by atoms with van der Waals surface area (Å²) >= 11 is 1.36. The Morgan fingerprint density at radius 2 is 1.94 bits per heavy atom. The lowest BCUT2D eigenvalue weighted by Crippen LogP contribution is -1.92. The van der Waals surface area contributed by atoms with E-state index >= 15 is 0 Å². The molecule has 17 heavy (non-hydrogen) atoms.